The Balaban J connectivity index is 1.52. The molecule has 1 saturated heterocycles. The number of aromatic amines is 1. The van der Waals surface area contributed by atoms with Gasteiger partial charge in [-0.05, 0) is 37.1 Å². The van der Waals surface area contributed by atoms with Crippen LogP contribution in [-0.4, -0.2) is 43.8 Å². The van der Waals surface area contributed by atoms with Gasteiger partial charge in [-0.25, -0.2) is 8.42 Å². The molecule has 8 nitrogen and oxygen atoms in total. The van der Waals surface area contributed by atoms with Gasteiger partial charge in [0.2, 0.25) is 16.8 Å². The molecule has 1 atom stereocenters. The van der Waals surface area contributed by atoms with Crippen LogP contribution in [0.2, 0.25) is 0 Å². The summed E-state index contributed by atoms with van der Waals surface area (Å²) in [6.45, 7) is 0.882. The van der Waals surface area contributed by atoms with E-state index in [0.29, 0.717) is 29.2 Å². The zero-order valence-corrected chi connectivity index (χ0v) is 17.6. The maximum atomic E-state index is 13.4. The number of rotatable bonds is 6. The second-order valence-electron chi connectivity index (χ2n) is 7.66. The van der Waals surface area contributed by atoms with Crippen LogP contribution in [0.3, 0.4) is 0 Å². The lowest BCUT2D eigenvalue weighted by molar-refractivity contribution is 0.0925. The summed E-state index contributed by atoms with van der Waals surface area (Å²) in [5, 5.41) is 0.744. The molecular formula is C22H22N2O6S. The molecule has 0 aliphatic carbocycles. The van der Waals surface area contributed by atoms with E-state index in [4.69, 9.17) is 14.2 Å². The Bertz CT molecular complexity index is 1270. The van der Waals surface area contributed by atoms with Crippen LogP contribution in [-0.2, 0) is 21.3 Å². The third-order valence-electron chi connectivity index (χ3n) is 5.57. The van der Waals surface area contributed by atoms with E-state index in [1.165, 1.54) is 4.31 Å². The molecule has 0 radical (unpaired) electrons. The predicted octanol–water partition coefficient (Wildman–Crippen LogP) is 2.63. The fourth-order valence-corrected chi connectivity index (χ4v) is 5.42. The zero-order valence-electron chi connectivity index (χ0n) is 16.7. The van der Waals surface area contributed by atoms with Gasteiger partial charge < -0.3 is 19.2 Å². The summed E-state index contributed by atoms with van der Waals surface area (Å²) in [6, 6.07) is 13.5. The minimum absolute atomic E-state index is 0.0587. The smallest absolute Gasteiger partial charge is 0.252 e. The molecular weight excluding hydrogens is 420 g/mol. The first kappa shape index (κ1) is 20.0. The lowest BCUT2D eigenvalue weighted by Crippen LogP contribution is -2.38. The van der Waals surface area contributed by atoms with Crippen LogP contribution < -0.4 is 15.0 Å². The van der Waals surface area contributed by atoms with Crippen LogP contribution >= 0.6 is 0 Å². The molecule has 5 rings (SSSR count). The first-order valence-corrected chi connectivity index (χ1v) is 11.6. The van der Waals surface area contributed by atoms with Crippen molar-refractivity contribution in [3.63, 3.8) is 0 Å². The van der Waals surface area contributed by atoms with Crippen molar-refractivity contribution < 1.29 is 22.6 Å². The summed E-state index contributed by atoms with van der Waals surface area (Å²) in [6.07, 6.45) is 1.50. The Morgan fingerprint density at radius 3 is 2.58 bits per heavy atom. The molecule has 3 heterocycles. The normalized spacial score (nSPS) is 18.2. The molecule has 0 amide bonds. The molecule has 2 aliphatic rings. The van der Waals surface area contributed by atoms with Gasteiger partial charge in [0.1, 0.15) is 0 Å². The number of aromatic nitrogens is 1. The van der Waals surface area contributed by atoms with E-state index >= 15 is 0 Å². The maximum absolute atomic E-state index is 13.4. The summed E-state index contributed by atoms with van der Waals surface area (Å²) in [5.41, 5.74) is 0.616. The SMILES string of the molecule is O=c1[nH]c2cc3c(cc2cc1CN(C[C@@H]1CCCO1)S(=O)(=O)c1ccccc1)OCO3. The molecule has 2 aromatic carbocycles. The van der Waals surface area contributed by atoms with Crippen LogP contribution in [0.25, 0.3) is 10.9 Å². The van der Waals surface area contributed by atoms with Crippen LogP contribution in [0.4, 0.5) is 0 Å². The summed E-state index contributed by atoms with van der Waals surface area (Å²) in [7, 11) is -3.81. The van der Waals surface area contributed by atoms with Gasteiger partial charge in [-0.1, -0.05) is 18.2 Å². The predicted molar refractivity (Wildman–Crippen MR) is 114 cm³/mol. The number of fused-ring (bicyclic) bond motifs is 2. The van der Waals surface area contributed by atoms with Crippen LogP contribution in [0.5, 0.6) is 11.5 Å². The van der Waals surface area contributed by atoms with Crippen LogP contribution in [0, 0.1) is 0 Å². The van der Waals surface area contributed by atoms with Gasteiger partial charge in [0.15, 0.2) is 11.5 Å². The largest absolute Gasteiger partial charge is 0.454 e. The van der Waals surface area contributed by atoms with E-state index in [0.717, 1.165) is 18.2 Å². The fraction of sp³-hybridized carbons (Fsp3) is 0.318. The molecule has 0 bridgehead atoms. The van der Waals surface area contributed by atoms with Crippen molar-refractivity contribution in [1.82, 2.24) is 9.29 Å². The van der Waals surface area contributed by atoms with Gasteiger partial charge in [-0.3, -0.25) is 4.79 Å². The molecule has 31 heavy (non-hydrogen) atoms. The van der Waals surface area contributed by atoms with Crippen LogP contribution in [0.1, 0.15) is 18.4 Å². The van der Waals surface area contributed by atoms with Gasteiger partial charge in [-0.15, -0.1) is 0 Å². The fourth-order valence-electron chi connectivity index (χ4n) is 3.95. The molecule has 1 fully saturated rings. The Morgan fingerprint density at radius 2 is 1.84 bits per heavy atom. The number of H-pyrrole nitrogens is 1. The van der Waals surface area contributed by atoms with E-state index < -0.39 is 10.0 Å². The molecule has 1 N–H and O–H groups in total. The van der Waals surface area contributed by atoms with Gasteiger partial charge in [0, 0.05) is 36.7 Å². The molecule has 3 aromatic rings. The quantitative estimate of drug-likeness (QED) is 0.630. The molecule has 2 aliphatic heterocycles. The highest BCUT2D eigenvalue weighted by Crippen LogP contribution is 2.35. The van der Waals surface area contributed by atoms with Crippen LogP contribution in [0.15, 0.2) is 58.2 Å². The van der Waals surface area contributed by atoms with Crippen molar-refractivity contribution >= 4 is 20.9 Å². The Kier molecular flexibility index (Phi) is 5.17. The number of hydrogen-bond donors (Lipinski definition) is 1. The highest BCUT2D eigenvalue weighted by atomic mass is 32.2. The summed E-state index contributed by atoms with van der Waals surface area (Å²) in [5.74, 6) is 1.17. The van der Waals surface area contributed by atoms with Gasteiger partial charge in [-0.2, -0.15) is 4.31 Å². The molecule has 0 saturated carbocycles. The average molecular weight is 442 g/mol. The van der Waals surface area contributed by atoms with Gasteiger partial charge in [0.05, 0.1) is 16.5 Å². The highest BCUT2D eigenvalue weighted by Gasteiger charge is 2.30. The Hall–Kier alpha value is -2.88. The van der Waals surface area contributed by atoms with Crippen molar-refractivity contribution in [2.45, 2.75) is 30.4 Å². The molecule has 162 valence electrons. The van der Waals surface area contributed by atoms with Crippen molar-refractivity contribution in [1.29, 1.82) is 0 Å². The lowest BCUT2D eigenvalue weighted by atomic mass is 10.1. The molecule has 9 heteroatoms. The maximum Gasteiger partial charge on any atom is 0.252 e. The molecule has 0 spiro atoms. The topological polar surface area (TPSA) is 97.9 Å². The van der Waals surface area contributed by atoms with E-state index in [2.05, 4.69) is 4.98 Å². The average Bonchev–Trinajstić information content (AvgIpc) is 3.44. The Morgan fingerprint density at radius 1 is 1.06 bits per heavy atom. The number of ether oxygens (including phenoxy) is 3. The van der Waals surface area contributed by atoms with Crippen molar-refractivity contribution in [2.75, 3.05) is 19.9 Å². The second-order valence-corrected chi connectivity index (χ2v) is 9.60. The standard InChI is InChI=1S/C22H22N2O6S/c25-22-16(9-15-10-20-21(30-14-29-20)11-19(15)23-22)12-24(13-17-5-4-8-28-17)31(26,27)18-6-2-1-3-7-18/h1-3,6-7,9-11,17H,4-5,8,12-14H2,(H,23,25)/t17-/m0/s1. The van der Waals surface area contributed by atoms with E-state index in [1.54, 1.807) is 48.5 Å². The second kappa shape index (κ2) is 7.99. The number of benzene rings is 2. The molecule has 0 unspecified atom stereocenters. The highest BCUT2D eigenvalue weighted by molar-refractivity contribution is 7.89. The van der Waals surface area contributed by atoms with Gasteiger partial charge in [0.25, 0.3) is 5.56 Å². The number of sulfonamides is 1. The zero-order chi connectivity index (χ0) is 21.4. The minimum atomic E-state index is -3.81. The van der Waals surface area contributed by atoms with E-state index in [1.807, 2.05) is 0 Å². The minimum Gasteiger partial charge on any atom is -0.454 e. The number of pyridine rings is 1. The van der Waals surface area contributed by atoms with Crippen molar-refractivity contribution in [3.8, 4) is 11.5 Å². The lowest BCUT2D eigenvalue weighted by Gasteiger charge is -2.25. The van der Waals surface area contributed by atoms with Crippen molar-refractivity contribution in [3.05, 3.63) is 64.4 Å². The van der Waals surface area contributed by atoms with Crippen molar-refractivity contribution in [2.24, 2.45) is 0 Å². The summed E-state index contributed by atoms with van der Waals surface area (Å²) in [4.78, 5) is 15.8. The summed E-state index contributed by atoms with van der Waals surface area (Å²) < 4.78 is 44.5. The Labute approximate surface area is 179 Å². The monoisotopic (exact) mass is 442 g/mol. The first-order chi connectivity index (χ1) is 15.0. The number of hydrogen-bond acceptors (Lipinski definition) is 6. The number of nitrogens with zero attached hydrogens (tertiary/aromatic N) is 1. The van der Waals surface area contributed by atoms with E-state index in [9.17, 15) is 13.2 Å². The third-order valence-corrected chi connectivity index (χ3v) is 7.40. The third kappa shape index (κ3) is 3.91. The van der Waals surface area contributed by atoms with Gasteiger partial charge >= 0.3 is 0 Å². The van der Waals surface area contributed by atoms with E-state index in [-0.39, 0.29) is 36.4 Å². The number of nitrogens with one attached hydrogen (secondary N) is 1. The first-order valence-electron chi connectivity index (χ1n) is 10.1. The summed E-state index contributed by atoms with van der Waals surface area (Å²) >= 11 is 0. The molecule has 1 aromatic heterocycles.